The van der Waals surface area contributed by atoms with Crippen LogP contribution in [0.2, 0.25) is 0 Å². The molecule has 150 valence electrons. The van der Waals surface area contributed by atoms with Crippen LogP contribution in [0.1, 0.15) is 19.8 Å². The van der Waals surface area contributed by atoms with E-state index in [9.17, 15) is 9.59 Å². The molecule has 28 heavy (non-hydrogen) atoms. The molecule has 9 heteroatoms. The Labute approximate surface area is 171 Å². The predicted octanol–water partition coefficient (Wildman–Crippen LogP) is 3.29. The third kappa shape index (κ3) is 5.03. The third-order valence-corrected chi connectivity index (χ3v) is 4.72. The largest absolute Gasteiger partial charge is 0.485 e. The van der Waals surface area contributed by atoms with Crippen LogP contribution in [-0.2, 0) is 11.8 Å². The molecular weight excluding hydrogens is 428 g/mol. The summed E-state index contributed by atoms with van der Waals surface area (Å²) in [4.78, 5) is 29.8. The number of nitrogens with one attached hydrogen (secondary N) is 1. The summed E-state index contributed by atoms with van der Waals surface area (Å²) in [6, 6.07) is 5.22. The van der Waals surface area contributed by atoms with E-state index in [1.54, 1.807) is 42.5 Å². The lowest BCUT2D eigenvalue weighted by Gasteiger charge is -2.37. The molecule has 1 fully saturated rings. The highest BCUT2D eigenvalue weighted by Crippen LogP contribution is 2.21. The molecule has 0 radical (unpaired) electrons. The minimum absolute atomic E-state index is 0.0725. The molecule has 2 aromatic rings. The van der Waals surface area contributed by atoms with E-state index in [-0.39, 0.29) is 17.8 Å². The Hall–Kier alpha value is -2.55. The third-order valence-electron chi connectivity index (χ3n) is 4.28. The van der Waals surface area contributed by atoms with Crippen LogP contribution in [-0.4, -0.2) is 46.3 Å². The minimum atomic E-state index is -0.290. The van der Waals surface area contributed by atoms with E-state index in [1.165, 1.54) is 4.57 Å². The van der Waals surface area contributed by atoms with Gasteiger partial charge in [-0.15, -0.1) is 0 Å². The van der Waals surface area contributed by atoms with Gasteiger partial charge in [-0.05, 0) is 40.5 Å². The van der Waals surface area contributed by atoms with Crippen molar-refractivity contribution < 1.29 is 14.3 Å². The number of ether oxygens (including phenoxy) is 2. The SMILES string of the molecule is CCCCOC(=O)N1CC(Oc2ccc(Nc3cc(Br)cn(C)c3=O)nc2)C1. The van der Waals surface area contributed by atoms with Crippen molar-refractivity contribution in [1.82, 2.24) is 14.5 Å². The zero-order valence-electron chi connectivity index (χ0n) is 15.9. The number of hydrogen-bond donors (Lipinski definition) is 1. The Morgan fingerprint density at radius 1 is 1.39 bits per heavy atom. The van der Waals surface area contributed by atoms with Gasteiger partial charge in [-0.25, -0.2) is 9.78 Å². The van der Waals surface area contributed by atoms with Crippen LogP contribution in [0.3, 0.4) is 0 Å². The number of unbranched alkanes of at least 4 members (excludes halogenated alkanes) is 1. The number of amides is 1. The predicted molar refractivity (Wildman–Crippen MR) is 109 cm³/mol. The van der Waals surface area contributed by atoms with Gasteiger partial charge in [-0.2, -0.15) is 0 Å². The number of rotatable bonds is 7. The lowest BCUT2D eigenvalue weighted by atomic mass is 10.2. The Morgan fingerprint density at radius 3 is 2.86 bits per heavy atom. The molecule has 8 nitrogen and oxygen atoms in total. The highest BCUT2D eigenvalue weighted by Gasteiger charge is 2.33. The van der Waals surface area contributed by atoms with E-state index in [0.29, 0.717) is 37.0 Å². The van der Waals surface area contributed by atoms with Crippen LogP contribution in [0, 0.1) is 0 Å². The van der Waals surface area contributed by atoms with Gasteiger partial charge in [0.1, 0.15) is 23.4 Å². The van der Waals surface area contributed by atoms with E-state index in [4.69, 9.17) is 9.47 Å². The van der Waals surface area contributed by atoms with Gasteiger partial charge in [0.05, 0.1) is 25.9 Å². The summed E-state index contributed by atoms with van der Waals surface area (Å²) in [7, 11) is 1.68. The van der Waals surface area contributed by atoms with Crippen LogP contribution >= 0.6 is 15.9 Å². The molecule has 0 saturated carbocycles. The molecule has 3 rings (SSSR count). The molecule has 2 aromatic heterocycles. The second kappa shape index (κ2) is 9.09. The number of halogens is 1. The lowest BCUT2D eigenvalue weighted by Crippen LogP contribution is -2.56. The number of anilines is 2. The van der Waals surface area contributed by atoms with Gasteiger partial charge >= 0.3 is 6.09 Å². The van der Waals surface area contributed by atoms with Gasteiger partial charge in [-0.1, -0.05) is 13.3 Å². The number of hydrogen-bond acceptors (Lipinski definition) is 6. The van der Waals surface area contributed by atoms with Crippen molar-refractivity contribution >= 4 is 33.5 Å². The molecule has 1 aliphatic rings. The first kappa shape index (κ1) is 20.2. The van der Waals surface area contributed by atoms with Crippen LogP contribution in [0.15, 0.2) is 39.9 Å². The number of likely N-dealkylation sites (tertiary alicyclic amines) is 1. The number of aryl methyl sites for hydroxylation is 1. The molecule has 0 unspecified atom stereocenters. The van der Waals surface area contributed by atoms with Gasteiger partial charge in [0.25, 0.3) is 5.56 Å². The summed E-state index contributed by atoms with van der Waals surface area (Å²) in [5.41, 5.74) is 0.278. The molecular formula is C19H23BrN4O4. The fraction of sp³-hybridized carbons (Fsp3) is 0.421. The fourth-order valence-electron chi connectivity index (χ4n) is 2.67. The van der Waals surface area contributed by atoms with E-state index < -0.39 is 0 Å². The van der Waals surface area contributed by atoms with Crippen molar-refractivity contribution in [3.05, 3.63) is 45.4 Å². The Kier molecular flexibility index (Phi) is 6.56. The molecule has 3 heterocycles. The monoisotopic (exact) mass is 450 g/mol. The van der Waals surface area contributed by atoms with Crippen molar-refractivity contribution in [2.45, 2.75) is 25.9 Å². The van der Waals surface area contributed by atoms with E-state index >= 15 is 0 Å². The molecule has 1 N–H and O–H groups in total. The summed E-state index contributed by atoms with van der Waals surface area (Å²) >= 11 is 3.37. The lowest BCUT2D eigenvalue weighted by molar-refractivity contribution is 0.0107. The van der Waals surface area contributed by atoms with Crippen molar-refractivity contribution in [3.63, 3.8) is 0 Å². The van der Waals surface area contributed by atoms with Gasteiger partial charge in [0.15, 0.2) is 0 Å². The van der Waals surface area contributed by atoms with Gasteiger partial charge in [0.2, 0.25) is 0 Å². The second-order valence-corrected chi connectivity index (χ2v) is 7.52. The first-order chi connectivity index (χ1) is 13.5. The van der Waals surface area contributed by atoms with E-state index in [0.717, 1.165) is 17.3 Å². The number of carbonyl (C=O) groups is 1. The average Bonchev–Trinajstić information content (AvgIpc) is 2.63. The number of pyridine rings is 2. The van der Waals surface area contributed by atoms with E-state index in [1.807, 2.05) is 0 Å². The molecule has 1 aliphatic heterocycles. The maximum Gasteiger partial charge on any atom is 0.410 e. The quantitative estimate of drug-likeness (QED) is 0.651. The molecule has 1 amide bonds. The number of aromatic nitrogens is 2. The number of nitrogens with zero attached hydrogens (tertiary/aromatic N) is 3. The summed E-state index contributed by atoms with van der Waals surface area (Å²) < 4.78 is 13.3. The van der Waals surface area contributed by atoms with Crippen molar-refractivity contribution in [1.29, 1.82) is 0 Å². The Bertz CT molecular complexity index is 878. The van der Waals surface area contributed by atoms with Gasteiger partial charge in [-0.3, -0.25) is 4.79 Å². The van der Waals surface area contributed by atoms with Gasteiger partial charge in [0, 0.05) is 17.7 Å². The zero-order valence-corrected chi connectivity index (χ0v) is 17.4. The van der Waals surface area contributed by atoms with Crippen LogP contribution < -0.4 is 15.6 Å². The Morgan fingerprint density at radius 2 is 2.18 bits per heavy atom. The fourth-order valence-corrected chi connectivity index (χ4v) is 3.21. The maximum atomic E-state index is 12.1. The van der Waals surface area contributed by atoms with Crippen LogP contribution in [0.4, 0.5) is 16.3 Å². The normalized spacial score (nSPS) is 13.8. The summed E-state index contributed by atoms with van der Waals surface area (Å²) in [5.74, 6) is 1.15. The summed E-state index contributed by atoms with van der Waals surface area (Å²) in [5, 5.41) is 3.01. The topological polar surface area (TPSA) is 85.7 Å². The summed E-state index contributed by atoms with van der Waals surface area (Å²) in [6.45, 7) is 3.50. The van der Waals surface area contributed by atoms with Crippen molar-refractivity contribution in [2.24, 2.45) is 7.05 Å². The standard InChI is InChI=1S/C19H23BrN4O4/c1-3-4-7-27-19(26)24-11-15(12-24)28-14-5-6-17(21-9-14)22-16-8-13(20)10-23(2)18(16)25/h5-6,8-10,15H,3-4,7,11-12H2,1-2H3,(H,21,22). The molecule has 0 aromatic carbocycles. The average molecular weight is 451 g/mol. The molecule has 0 atom stereocenters. The molecule has 0 aliphatic carbocycles. The van der Waals surface area contributed by atoms with E-state index in [2.05, 4.69) is 33.2 Å². The first-order valence-corrected chi connectivity index (χ1v) is 9.93. The first-order valence-electron chi connectivity index (χ1n) is 9.14. The van der Waals surface area contributed by atoms with Gasteiger partial charge < -0.3 is 24.3 Å². The van der Waals surface area contributed by atoms with Crippen molar-refractivity contribution in [3.8, 4) is 5.75 Å². The van der Waals surface area contributed by atoms with Crippen molar-refractivity contribution in [2.75, 3.05) is 25.0 Å². The molecule has 0 spiro atoms. The molecule has 1 saturated heterocycles. The van der Waals surface area contributed by atoms with Crippen LogP contribution in [0.25, 0.3) is 0 Å². The zero-order chi connectivity index (χ0) is 20.1. The Balaban J connectivity index is 1.50. The minimum Gasteiger partial charge on any atom is -0.485 e. The molecule has 0 bridgehead atoms. The smallest absolute Gasteiger partial charge is 0.410 e. The summed E-state index contributed by atoms with van der Waals surface area (Å²) in [6.07, 6.45) is 4.79. The highest BCUT2D eigenvalue weighted by molar-refractivity contribution is 9.10. The second-order valence-electron chi connectivity index (χ2n) is 6.60. The van der Waals surface area contributed by atoms with Crippen LogP contribution in [0.5, 0.6) is 5.75 Å². The number of carbonyl (C=O) groups excluding carboxylic acids is 1. The highest BCUT2D eigenvalue weighted by atomic mass is 79.9. The maximum absolute atomic E-state index is 12.1.